The van der Waals surface area contributed by atoms with Crippen molar-refractivity contribution in [1.29, 1.82) is 0 Å². The topological polar surface area (TPSA) is 49.8 Å². The van der Waals surface area contributed by atoms with Crippen LogP contribution < -0.4 is 4.74 Å². The molecule has 0 radical (unpaired) electrons. The molecule has 2 rings (SSSR count). The van der Waals surface area contributed by atoms with Gasteiger partial charge in [-0.05, 0) is 49.3 Å². The second-order valence-electron chi connectivity index (χ2n) is 5.43. The first-order valence-electron chi connectivity index (χ1n) is 7.44. The standard InChI is InChI=1S/C16H22BrNO3/c17-9-5-13-1-3-15(4-2-13)21-12-8-14-6-10-18(11-7-14)16(19)20/h1-4,14H,5-12H2,(H,19,20). The van der Waals surface area contributed by atoms with Gasteiger partial charge in [-0.25, -0.2) is 4.79 Å². The molecule has 1 saturated heterocycles. The van der Waals surface area contributed by atoms with Gasteiger partial charge in [0.1, 0.15) is 5.75 Å². The van der Waals surface area contributed by atoms with Crippen LogP contribution in [0.3, 0.4) is 0 Å². The molecule has 0 aromatic heterocycles. The van der Waals surface area contributed by atoms with Gasteiger partial charge in [0.15, 0.2) is 0 Å². The average molecular weight is 356 g/mol. The first kappa shape index (κ1) is 16.1. The lowest BCUT2D eigenvalue weighted by Gasteiger charge is -2.29. The molecule has 1 amide bonds. The summed E-state index contributed by atoms with van der Waals surface area (Å²) < 4.78 is 5.77. The largest absolute Gasteiger partial charge is 0.494 e. The number of rotatable bonds is 6. The summed E-state index contributed by atoms with van der Waals surface area (Å²) in [4.78, 5) is 12.3. The Hall–Kier alpha value is -1.23. The molecule has 0 saturated carbocycles. The fourth-order valence-electron chi connectivity index (χ4n) is 2.62. The van der Waals surface area contributed by atoms with E-state index in [9.17, 15) is 4.79 Å². The summed E-state index contributed by atoms with van der Waals surface area (Å²) in [6, 6.07) is 8.24. The monoisotopic (exact) mass is 355 g/mol. The number of alkyl halides is 1. The van der Waals surface area contributed by atoms with Crippen LogP contribution in [0.4, 0.5) is 4.79 Å². The van der Waals surface area contributed by atoms with E-state index in [1.165, 1.54) is 10.5 Å². The molecule has 0 bridgehead atoms. The van der Waals surface area contributed by atoms with E-state index in [2.05, 4.69) is 28.1 Å². The second-order valence-corrected chi connectivity index (χ2v) is 6.23. The van der Waals surface area contributed by atoms with E-state index < -0.39 is 6.09 Å². The number of carboxylic acid groups (broad SMARTS) is 1. The average Bonchev–Trinajstić information content (AvgIpc) is 2.50. The Morgan fingerprint density at radius 1 is 1.29 bits per heavy atom. The van der Waals surface area contributed by atoms with Crippen LogP contribution in [0.1, 0.15) is 24.8 Å². The summed E-state index contributed by atoms with van der Waals surface area (Å²) in [5.74, 6) is 1.49. The maximum Gasteiger partial charge on any atom is 0.407 e. The Bertz CT molecular complexity index is 441. The van der Waals surface area contributed by atoms with Crippen molar-refractivity contribution in [3.8, 4) is 5.75 Å². The van der Waals surface area contributed by atoms with Crippen molar-refractivity contribution in [2.24, 2.45) is 5.92 Å². The van der Waals surface area contributed by atoms with E-state index >= 15 is 0 Å². The molecule has 0 spiro atoms. The molecule has 1 aliphatic heterocycles. The SMILES string of the molecule is O=C(O)N1CCC(CCOc2ccc(CCBr)cc2)CC1. The highest BCUT2D eigenvalue weighted by molar-refractivity contribution is 9.09. The van der Waals surface area contributed by atoms with E-state index in [0.717, 1.165) is 36.8 Å². The summed E-state index contributed by atoms with van der Waals surface area (Å²) in [5, 5.41) is 9.88. The van der Waals surface area contributed by atoms with E-state index in [1.807, 2.05) is 12.1 Å². The number of halogens is 1. The summed E-state index contributed by atoms with van der Waals surface area (Å²) >= 11 is 3.43. The highest BCUT2D eigenvalue weighted by Crippen LogP contribution is 2.21. The molecule has 21 heavy (non-hydrogen) atoms. The molecule has 4 nitrogen and oxygen atoms in total. The number of carbonyl (C=O) groups is 1. The van der Waals surface area contributed by atoms with Crippen LogP contribution in [-0.2, 0) is 6.42 Å². The third-order valence-electron chi connectivity index (χ3n) is 3.99. The Morgan fingerprint density at radius 2 is 1.95 bits per heavy atom. The lowest BCUT2D eigenvalue weighted by molar-refractivity contribution is 0.119. The van der Waals surface area contributed by atoms with Crippen LogP contribution in [0.15, 0.2) is 24.3 Å². The number of hydrogen-bond donors (Lipinski definition) is 1. The number of ether oxygens (including phenoxy) is 1. The minimum Gasteiger partial charge on any atom is -0.494 e. The maximum atomic E-state index is 10.8. The van der Waals surface area contributed by atoms with Crippen molar-refractivity contribution in [3.05, 3.63) is 29.8 Å². The van der Waals surface area contributed by atoms with Gasteiger partial charge in [-0.15, -0.1) is 0 Å². The van der Waals surface area contributed by atoms with Crippen molar-refractivity contribution in [3.63, 3.8) is 0 Å². The summed E-state index contributed by atoms with van der Waals surface area (Å²) in [7, 11) is 0. The Balaban J connectivity index is 1.66. The predicted octanol–water partition coefficient (Wildman–Crippen LogP) is 3.78. The number of likely N-dealkylation sites (tertiary alicyclic amines) is 1. The van der Waals surface area contributed by atoms with Gasteiger partial charge in [0.25, 0.3) is 0 Å². The normalized spacial score (nSPS) is 16.0. The lowest BCUT2D eigenvalue weighted by atomic mass is 9.94. The fraction of sp³-hybridized carbons (Fsp3) is 0.562. The third kappa shape index (κ3) is 5.23. The van der Waals surface area contributed by atoms with Crippen LogP contribution in [0, 0.1) is 5.92 Å². The number of piperidine rings is 1. The van der Waals surface area contributed by atoms with Crippen molar-refractivity contribution >= 4 is 22.0 Å². The second kappa shape index (κ2) is 8.27. The molecule has 0 atom stereocenters. The van der Waals surface area contributed by atoms with Crippen molar-refractivity contribution in [2.45, 2.75) is 25.7 Å². The van der Waals surface area contributed by atoms with Crippen LogP contribution in [0.2, 0.25) is 0 Å². The molecule has 1 fully saturated rings. The first-order chi connectivity index (χ1) is 10.2. The van der Waals surface area contributed by atoms with Gasteiger partial charge in [-0.1, -0.05) is 28.1 Å². The van der Waals surface area contributed by atoms with E-state index in [1.54, 1.807) is 0 Å². The molecular formula is C16H22BrNO3. The third-order valence-corrected chi connectivity index (χ3v) is 4.38. The fourth-order valence-corrected chi connectivity index (χ4v) is 3.08. The van der Waals surface area contributed by atoms with E-state index in [-0.39, 0.29) is 0 Å². The zero-order valence-electron chi connectivity index (χ0n) is 12.1. The number of benzene rings is 1. The van der Waals surface area contributed by atoms with Gasteiger partial charge in [-0.2, -0.15) is 0 Å². The Kier molecular flexibility index (Phi) is 6.36. The Morgan fingerprint density at radius 3 is 2.52 bits per heavy atom. The molecule has 1 aliphatic rings. The number of hydrogen-bond acceptors (Lipinski definition) is 2. The molecule has 0 aliphatic carbocycles. The molecular weight excluding hydrogens is 334 g/mol. The summed E-state index contributed by atoms with van der Waals surface area (Å²) in [5.41, 5.74) is 1.31. The van der Waals surface area contributed by atoms with Gasteiger partial charge in [0.2, 0.25) is 0 Å². The molecule has 1 N–H and O–H groups in total. The van der Waals surface area contributed by atoms with Crippen LogP contribution in [0.5, 0.6) is 5.75 Å². The van der Waals surface area contributed by atoms with Gasteiger partial charge in [-0.3, -0.25) is 0 Å². The van der Waals surface area contributed by atoms with Gasteiger partial charge >= 0.3 is 6.09 Å². The van der Waals surface area contributed by atoms with Crippen LogP contribution in [-0.4, -0.2) is 41.1 Å². The molecule has 1 heterocycles. The van der Waals surface area contributed by atoms with E-state index in [0.29, 0.717) is 25.6 Å². The zero-order chi connectivity index (χ0) is 15.1. The number of amides is 1. The lowest BCUT2D eigenvalue weighted by Crippen LogP contribution is -2.37. The van der Waals surface area contributed by atoms with Crippen LogP contribution in [0.25, 0.3) is 0 Å². The smallest absolute Gasteiger partial charge is 0.407 e. The van der Waals surface area contributed by atoms with Crippen molar-refractivity contribution in [2.75, 3.05) is 25.0 Å². The minimum absolute atomic E-state index is 0.577. The van der Waals surface area contributed by atoms with Gasteiger partial charge in [0.05, 0.1) is 6.61 Å². The van der Waals surface area contributed by atoms with Gasteiger partial charge < -0.3 is 14.7 Å². The minimum atomic E-state index is -0.798. The molecule has 5 heteroatoms. The quantitative estimate of drug-likeness (QED) is 0.789. The highest BCUT2D eigenvalue weighted by Gasteiger charge is 2.21. The Labute approximate surface area is 134 Å². The molecule has 116 valence electrons. The molecule has 0 unspecified atom stereocenters. The van der Waals surface area contributed by atoms with E-state index in [4.69, 9.17) is 9.84 Å². The van der Waals surface area contributed by atoms with Crippen LogP contribution >= 0.6 is 15.9 Å². The van der Waals surface area contributed by atoms with Crippen molar-refractivity contribution in [1.82, 2.24) is 4.90 Å². The summed E-state index contributed by atoms with van der Waals surface area (Å²) in [6.07, 6.45) is 3.12. The van der Waals surface area contributed by atoms with Crippen molar-refractivity contribution < 1.29 is 14.6 Å². The molecule has 1 aromatic rings. The molecule has 1 aromatic carbocycles. The maximum absolute atomic E-state index is 10.8. The number of aryl methyl sites for hydroxylation is 1. The highest BCUT2D eigenvalue weighted by atomic mass is 79.9. The zero-order valence-corrected chi connectivity index (χ0v) is 13.7. The summed E-state index contributed by atoms with van der Waals surface area (Å²) in [6.45, 7) is 2.01. The first-order valence-corrected chi connectivity index (χ1v) is 8.56. The number of nitrogens with zero attached hydrogens (tertiary/aromatic N) is 1. The predicted molar refractivity (Wildman–Crippen MR) is 86.4 cm³/mol. The van der Waals surface area contributed by atoms with Gasteiger partial charge in [0, 0.05) is 18.4 Å².